The number of carbonyl (C=O) groups is 1. The van der Waals surface area contributed by atoms with Gasteiger partial charge in [0.15, 0.2) is 6.54 Å². The lowest BCUT2D eigenvalue weighted by atomic mass is 9.92. The molecule has 6 nitrogen and oxygen atoms in total. The molecule has 1 amide bonds. The quantitative estimate of drug-likeness (QED) is 0.644. The van der Waals surface area contributed by atoms with E-state index < -0.39 is 4.92 Å². The molecule has 0 radical (unpaired) electrons. The number of likely N-dealkylation sites (tertiary alicyclic amines) is 1. The van der Waals surface area contributed by atoms with Crippen molar-refractivity contribution in [2.24, 2.45) is 11.8 Å². The number of nitrogens with zero attached hydrogens (tertiary/aromatic N) is 1. The van der Waals surface area contributed by atoms with Crippen LogP contribution in [0.4, 0.5) is 11.4 Å². The minimum absolute atomic E-state index is 0.0136. The van der Waals surface area contributed by atoms with Crippen molar-refractivity contribution in [2.45, 2.75) is 20.3 Å². The normalized spacial score (nSPS) is 25.3. The Kier molecular flexibility index (Phi) is 4.90. The van der Waals surface area contributed by atoms with Crippen LogP contribution in [-0.4, -0.2) is 30.5 Å². The van der Waals surface area contributed by atoms with Gasteiger partial charge in [-0.1, -0.05) is 19.9 Å². The van der Waals surface area contributed by atoms with Crippen LogP contribution in [0.25, 0.3) is 0 Å². The summed E-state index contributed by atoms with van der Waals surface area (Å²) in [6.07, 6.45) is 1.22. The van der Waals surface area contributed by atoms with E-state index in [1.807, 2.05) is 0 Å². The molecule has 6 heteroatoms. The van der Waals surface area contributed by atoms with Gasteiger partial charge in [-0.05, 0) is 12.5 Å². The summed E-state index contributed by atoms with van der Waals surface area (Å²) in [5.41, 5.74) is 0.465. The number of benzene rings is 1. The van der Waals surface area contributed by atoms with Crippen LogP contribution in [-0.2, 0) is 4.79 Å². The lowest BCUT2D eigenvalue weighted by Crippen LogP contribution is -3.15. The molecule has 0 aliphatic carbocycles. The Labute approximate surface area is 124 Å². The average molecular weight is 292 g/mol. The van der Waals surface area contributed by atoms with Gasteiger partial charge < -0.3 is 10.2 Å². The molecule has 1 aromatic carbocycles. The Hall–Kier alpha value is -1.95. The minimum Gasteiger partial charge on any atom is -0.327 e. The standard InChI is InChI=1S/C15H21N3O3/c1-11-6-12(2)9-17(8-11)10-15(19)16-13-4-3-5-14(7-13)18(20)21/h3-5,7,11-12H,6,8-10H2,1-2H3,(H,16,19)/p+1/t11-,12-/m1/s1. The molecule has 114 valence electrons. The third kappa shape index (κ3) is 4.53. The van der Waals surface area contributed by atoms with E-state index in [0.29, 0.717) is 24.1 Å². The van der Waals surface area contributed by atoms with Crippen molar-refractivity contribution < 1.29 is 14.6 Å². The Morgan fingerprint density at radius 1 is 1.38 bits per heavy atom. The fourth-order valence-corrected chi connectivity index (χ4v) is 3.20. The number of hydrogen-bond donors (Lipinski definition) is 2. The molecule has 1 heterocycles. The number of non-ortho nitro benzene ring substituents is 1. The highest BCUT2D eigenvalue weighted by atomic mass is 16.6. The first-order valence-corrected chi connectivity index (χ1v) is 7.32. The second-order valence-corrected chi connectivity index (χ2v) is 6.14. The van der Waals surface area contributed by atoms with Crippen LogP contribution < -0.4 is 10.2 Å². The number of rotatable bonds is 4. The largest absolute Gasteiger partial charge is 0.327 e. The van der Waals surface area contributed by atoms with E-state index >= 15 is 0 Å². The van der Waals surface area contributed by atoms with Crippen molar-refractivity contribution in [1.82, 2.24) is 0 Å². The first-order valence-electron chi connectivity index (χ1n) is 7.32. The van der Waals surface area contributed by atoms with Gasteiger partial charge in [0.25, 0.3) is 11.6 Å². The summed E-state index contributed by atoms with van der Waals surface area (Å²) in [5, 5.41) is 13.5. The van der Waals surface area contributed by atoms with E-state index in [1.54, 1.807) is 12.1 Å². The number of nitro benzene ring substituents is 1. The smallest absolute Gasteiger partial charge is 0.279 e. The summed E-state index contributed by atoms with van der Waals surface area (Å²) >= 11 is 0. The molecule has 0 unspecified atom stereocenters. The zero-order chi connectivity index (χ0) is 15.4. The topological polar surface area (TPSA) is 76.7 Å². The molecule has 0 aromatic heterocycles. The van der Waals surface area contributed by atoms with Crippen molar-refractivity contribution in [1.29, 1.82) is 0 Å². The number of amides is 1. The van der Waals surface area contributed by atoms with Crippen LogP contribution in [0, 0.1) is 22.0 Å². The number of nitrogens with one attached hydrogen (secondary N) is 2. The summed E-state index contributed by atoms with van der Waals surface area (Å²) in [5.74, 6) is 1.18. The maximum Gasteiger partial charge on any atom is 0.279 e. The molecule has 21 heavy (non-hydrogen) atoms. The lowest BCUT2D eigenvalue weighted by Gasteiger charge is -2.31. The molecule has 1 saturated heterocycles. The molecule has 1 aromatic rings. The molecular formula is C15H22N3O3+. The molecule has 1 fully saturated rings. The Bertz CT molecular complexity index is 523. The number of hydrogen-bond acceptors (Lipinski definition) is 3. The molecular weight excluding hydrogens is 270 g/mol. The third-order valence-electron chi connectivity index (χ3n) is 3.83. The van der Waals surface area contributed by atoms with Gasteiger partial charge in [-0.2, -0.15) is 0 Å². The number of nitro groups is 1. The Balaban J connectivity index is 1.92. The fraction of sp³-hybridized carbons (Fsp3) is 0.533. The van der Waals surface area contributed by atoms with Crippen LogP contribution in [0.2, 0.25) is 0 Å². The SMILES string of the molecule is C[C@@H]1C[C@@H](C)C[NH+](CC(=O)Nc2cccc([N+](=O)[O-])c2)C1. The second-order valence-electron chi connectivity index (χ2n) is 6.14. The molecule has 2 rings (SSSR count). The maximum absolute atomic E-state index is 12.1. The summed E-state index contributed by atoms with van der Waals surface area (Å²) in [6, 6.07) is 6.04. The van der Waals surface area contributed by atoms with Gasteiger partial charge in [0.1, 0.15) is 0 Å². The van der Waals surface area contributed by atoms with Gasteiger partial charge in [0, 0.05) is 29.7 Å². The van der Waals surface area contributed by atoms with Gasteiger partial charge in [-0.25, -0.2) is 0 Å². The minimum atomic E-state index is -0.463. The molecule has 1 aliphatic rings. The Morgan fingerprint density at radius 2 is 2.05 bits per heavy atom. The second kappa shape index (κ2) is 6.67. The zero-order valence-corrected chi connectivity index (χ0v) is 12.5. The summed E-state index contributed by atoms with van der Waals surface area (Å²) < 4.78 is 0. The molecule has 2 atom stereocenters. The summed E-state index contributed by atoms with van der Waals surface area (Å²) in [6.45, 7) is 6.86. The van der Waals surface area contributed by atoms with Crippen molar-refractivity contribution in [3.05, 3.63) is 34.4 Å². The molecule has 0 spiro atoms. The maximum atomic E-state index is 12.1. The van der Waals surface area contributed by atoms with Crippen molar-refractivity contribution in [3.8, 4) is 0 Å². The highest BCUT2D eigenvalue weighted by Crippen LogP contribution is 2.16. The molecule has 1 aliphatic heterocycles. The van der Waals surface area contributed by atoms with E-state index in [-0.39, 0.29) is 11.6 Å². The molecule has 0 saturated carbocycles. The van der Waals surface area contributed by atoms with Crippen LogP contribution in [0.3, 0.4) is 0 Å². The predicted octanol–water partition coefficient (Wildman–Crippen LogP) is 1.09. The van der Waals surface area contributed by atoms with Crippen LogP contribution in [0.1, 0.15) is 20.3 Å². The Morgan fingerprint density at radius 3 is 2.67 bits per heavy atom. The van der Waals surface area contributed by atoms with Crippen LogP contribution >= 0.6 is 0 Å². The third-order valence-corrected chi connectivity index (χ3v) is 3.83. The summed E-state index contributed by atoms with van der Waals surface area (Å²) in [7, 11) is 0. The van der Waals surface area contributed by atoms with Crippen LogP contribution in [0.5, 0.6) is 0 Å². The van der Waals surface area contributed by atoms with E-state index in [1.165, 1.54) is 23.5 Å². The van der Waals surface area contributed by atoms with Gasteiger partial charge in [0.2, 0.25) is 0 Å². The van der Waals surface area contributed by atoms with Crippen molar-refractivity contribution in [2.75, 3.05) is 25.0 Å². The van der Waals surface area contributed by atoms with E-state index in [4.69, 9.17) is 0 Å². The van der Waals surface area contributed by atoms with E-state index in [2.05, 4.69) is 19.2 Å². The van der Waals surface area contributed by atoms with Gasteiger partial charge in [0.05, 0.1) is 18.0 Å². The zero-order valence-electron chi connectivity index (χ0n) is 12.5. The van der Waals surface area contributed by atoms with E-state index in [9.17, 15) is 14.9 Å². The highest BCUT2D eigenvalue weighted by molar-refractivity contribution is 5.91. The summed E-state index contributed by atoms with van der Waals surface area (Å²) in [4.78, 5) is 23.6. The van der Waals surface area contributed by atoms with Crippen molar-refractivity contribution >= 4 is 17.3 Å². The molecule has 0 bridgehead atoms. The number of piperidine rings is 1. The average Bonchev–Trinajstić information content (AvgIpc) is 2.37. The van der Waals surface area contributed by atoms with Gasteiger partial charge in [-0.15, -0.1) is 0 Å². The number of carbonyl (C=O) groups excluding carboxylic acids is 1. The predicted molar refractivity (Wildman–Crippen MR) is 80.2 cm³/mol. The first-order chi connectivity index (χ1) is 9.94. The fourth-order valence-electron chi connectivity index (χ4n) is 3.20. The van der Waals surface area contributed by atoms with E-state index in [0.717, 1.165) is 13.1 Å². The van der Waals surface area contributed by atoms with Gasteiger partial charge in [-0.3, -0.25) is 14.9 Å². The number of quaternary nitrogens is 1. The van der Waals surface area contributed by atoms with Crippen LogP contribution in [0.15, 0.2) is 24.3 Å². The van der Waals surface area contributed by atoms with Gasteiger partial charge >= 0.3 is 0 Å². The monoisotopic (exact) mass is 292 g/mol. The lowest BCUT2D eigenvalue weighted by molar-refractivity contribution is -0.904. The number of anilines is 1. The van der Waals surface area contributed by atoms with Crippen molar-refractivity contribution in [3.63, 3.8) is 0 Å². The molecule has 2 N–H and O–H groups in total. The highest BCUT2D eigenvalue weighted by Gasteiger charge is 2.26. The first kappa shape index (κ1) is 15.4.